The van der Waals surface area contributed by atoms with Crippen LogP contribution in [0.4, 0.5) is 15.8 Å². The van der Waals surface area contributed by atoms with E-state index in [9.17, 15) is 14.5 Å². The highest BCUT2D eigenvalue weighted by Crippen LogP contribution is 2.19. The van der Waals surface area contributed by atoms with Crippen molar-refractivity contribution in [3.63, 3.8) is 0 Å². The van der Waals surface area contributed by atoms with Crippen molar-refractivity contribution in [2.45, 2.75) is 13.3 Å². The van der Waals surface area contributed by atoms with Gasteiger partial charge in [-0.15, -0.1) is 0 Å². The molecule has 0 bridgehead atoms. The summed E-state index contributed by atoms with van der Waals surface area (Å²) in [5.74, 6) is -0.602. The summed E-state index contributed by atoms with van der Waals surface area (Å²) >= 11 is 0. The van der Waals surface area contributed by atoms with E-state index in [2.05, 4.69) is 17.6 Å². The van der Waals surface area contributed by atoms with Gasteiger partial charge in [0.25, 0.3) is 5.69 Å². The van der Waals surface area contributed by atoms with Crippen LogP contribution in [0.3, 0.4) is 0 Å². The van der Waals surface area contributed by atoms with Gasteiger partial charge >= 0.3 is 0 Å². The summed E-state index contributed by atoms with van der Waals surface area (Å²) in [6.07, 6.45) is 1.05. The molecule has 0 aliphatic heterocycles. The molecule has 0 saturated carbocycles. The minimum Gasteiger partial charge on any atom is -0.381 e. The van der Waals surface area contributed by atoms with Crippen LogP contribution in [0.25, 0.3) is 0 Å². The Labute approximate surface area is 99.2 Å². The largest absolute Gasteiger partial charge is 0.381 e. The number of nitro benzene ring substituents is 1. The Morgan fingerprint density at radius 3 is 2.71 bits per heavy atom. The van der Waals surface area contributed by atoms with Gasteiger partial charge in [-0.1, -0.05) is 6.92 Å². The molecule has 0 radical (unpaired) electrons. The highest BCUT2D eigenvalue weighted by atomic mass is 19.1. The molecule has 1 rings (SSSR count). The van der Waals surface area contributed by atoms with Gasteiger partial charge in [-0.3, -0.25) is 10.1 Å². The number of nitro groups is 1. The molecule has 94 valence electrons. The molecule has 0 aromatic heterocycles. The number of halogens is 1. The van der Waals surface area contributed by atoms with Gasteiger partial charge in [-0.05, 0) is 19.0 Å². The van der Waals surface area contributed by atoms with E-state index >= 15 is 0 Å². The van der Waals surface area contributed by atoms with E-state index < -0.39 is 10.7 Å². The zero-order valence-electron chi connectivity index (χ0n) is 9.70. The molecule has 0 fully saturated rings. The Morgan fingerprint density at radius 2 is 2.12 bits per heavy atom. The second-order valence-electron chi connectivity index (χ2n) is 3.60. The van der Waals surface area contributed by atoms with Crippen molar-refractivity contribution in [1.82, 2.24) is 5.32 Å². The van der Waals surface area contributed by atoms with Crippen LogP contribution in [0, 0.1) is 15.9 Å². The van der Waals surface area contributed by atoms with Crippen molar-refractivity contribution >= 4 is 11.4 Å². The van der Waals surface area contributed by atoms with Crippen molar-refractivity contribution < 1.29 is 9.31 Å². The van der Waals surface area contributed by atoms with E-state index in [0.29, 0.717) is 6.54 Å². The van der Waals surface area contributed by atoms with Crippen LogP contribution >= 0.6 is 0 Å². The van der Waals surface area contributed by atoms with Crippen LogP contribution < -0.4 is 10.6 Å². The van der Waals surface area contributed by atoms with Gasteiger partial charge in [0.05, 0.1) is 16.7 Å². The van der Waals surface area contributed by atoms with E-state index in [1.165, 1.54) is 12.1 Å². The number of nitrogens with one attached hydrogen (secondary N) is 2. The van der Waals surface area contributed by atoms with E-state index in [1.807, 2.05) is 0 Å². The summed E-state index contributed by atoms with van der Waals surface area (Å²) in [6, 6.07) is 3.58. The SMILES string of the molecule is CCCNCCNc1ccc([N+](=O)[O-])cc1F. The summed E-state index contributed by atoms with van der Waals surface area (Å²) in [5, 5.41) is 16.4. The smallest absolute Gasteiger partial charge is 0.272 e. The standard InChI is InChI=1S/C11H16FN3O2/c1-2-5-13-6-7-14-11-4-3-9(15(16)17)8-10(11)12/h3-4,8,13-14H,2,5-7H2,1H3. The summed E-state index contributed by atoms with van der Waals surface area (Å²) in [6.45, 7) is 4.29. The van der Waals surface area contributed by atoms with Gasteiger partial charge in [0.2, 0.25) is 0 Å². The van der Waals surface area contributed by atoms with Crippen molar-refractivity contribution in [3.8, 4) is 0 Å². The molecule has 0 atom stereocenters. The second kappa shape index (κ2) is 6.80. The molecule has 1 aromatic rings. The molecule has 6 heteroatoms. The Hall–Kier alpha value is -1.69. The molecule has 17 heavy (non-hydrogen) atoms. The maximum Gasteiger partial charge on any atom is 0.272 e. The van der Waals surface area contributed by atoms with Crippen LogP contribution in [0.15, 0.2) is 18.2 Å². The number of anilines is 1. The van der Waals surface area contributed by atoms with Crippen molar-refractivity contribution in [1.29, 1.82) is 0 Å². The maximum atomic E-state index is 13.4. The third-order valence-corrected chi connectivity index (χ3v) is 2.21. The molecule has 0 aliphatic rings. The van der Waals surface area contributed by atoms with E-state index in [1.54, 1.807) is 0 Å². The monoisotopic (exact) mass is 241 g/mol. The van der Waals surface area contributed by atoms with E-state index in [0.717, 1.165) is 25.6 Å². The fourth-order valence-electron chi connectivity index (χ4n) is 1.35. The maximum absolute atomic E-state index is 13.4. The lowest BCUT2D eigenvalue weighted by Crippen LogP contribution is -2.23. The molecule has 0 aliphatic carbocycles. The fourth-order valence-corrected chi connectivity index (χ4v) is 1.35. The predicted molar refractivity (Wildman–Crippen MR) is 64.7 cm³/mol. The van der Waals surface area contributed by atoms with Gasteiger partial charge in [0, 0.05) is 19.2 Å². The number of hydrogen-bond donors (Lipinski definition) is 2. The van der Waals surface area contributed by atoms with E-state index in [4.69, 9.17) is 0 Å². The Morgan fingerprint density at radius 1 is 1.35 bits per heavy atom. The van der Waals surface area contributed by atoms with Crippen molar-refractivity contribution in [2.24, 2.45) is 0 Å². The third-order valence-electron chi connectivity index (χ3n) is 2.21. The summed E-state index contributed by atoms with van der Waals surface area (Å²) < 4.78 is 13.4. The number of benzene rings is 1. The molecule has 2 N–H and O–H groups in total. The Bertz CT molecular complexity index is 385. The minimum absolute atomic E-state index is 0.239. The average Bonchev–Trinajstić information content (AvgIpc) is 2.30. The molecule has 0 heterocycles. The molecular weight excluding hydrogens is 225 g/mol. The van der Waals surface area contributed by atoms with Gasteiger partial charge in [-0.25, -0.2) is 4.39 Å². The first kappa shape index (κ1) is 13.4. The van der Waals surface area contributed by atoms with Gasteiger partial charge in [-0.2, -0.15) is 0 Å². The first-order valence-electron chi connectivity index (χ1n) is 5.53. The molecule has 0 saturated heterocycles. The summed E-state index contributed by atoms with van der Waals surface area (Å²) in [4.78, 5) is 9.79. The summed E-state index contributed by atoms with van der Waals surface area (Å²) in [5.41, 5.74) is 0.0473. The first-order chi connectivity index (χ1) is 8.15. The quantitative estimate of drug-likeness (QED) is 0.436. The average molecular weight is 241 g/mol. The normalized spacial score (nSPS) is 10.2. The molecule has 0 amide bonds. The lowest BCUT2D eigenvalue weighted by atomic mass is 10.2. The molecule has 5 nitrogen and oxygen atoms in total. The number of non-ortho nitro benzene ring substituents is 1. The Balaban J connectivity index is 2.46. The minimum atomic E-state index is -0.615. The lowest BCUT2D eigenvalue weighted by molar-refractivity contribution is -0.385. The van der Waals surface area contributed by atoms with Crippen LogP contribution in [0.5, 0.6) is 0 Å². The van der Waals surface area contributed by atoms with E-state index in [-0.39, 0.29) is 11.4 Å². The zero-order valence-corrected chi connectivity index (χ0v) is 9.70. The topological polar surface area (TPSA) is 67.2 Å². The van der Waals surface area contributed by atoms with Gasteiger partial charge < -0.3 is 10.6 Å². The Kier molecular flexibility index (Phi) is 5.35. The number of nitrogens with zero attached hydrogens (tertiary/aromatic N) is 1. The molecule has 0 unspecified atom stereocenters. The third kappa shape index (κ3) is 4.36. The number of rotatable bonds is 7. The molecule has 1 aromatic carbocycles. The van der Waals surface area contributed by atoms with Crippen molar-refractivity contribution in [3.05, 3.63) is 34.1 Å². The van der Waals surface area contributed by atoms with Crippen LogP contribution in [0.1, 0.15) is 13.3 Å². The highest BCUT2D eigenvalue weighted by Gasteiger charge is 2.09. The van der Waals surface area contributed by atoms with Crippen LogP contribution in [-0.4, -0.2) is 24.6 Å². The van der Waals surface area contributed by atoms with Gasteiger partial charge in [0.15, 0.2) is 5.82 Å². The van der Waals surface area contributed by atoms with Crippen molar-refractivity contribution in [2.75, 3.05) is 25.0 Å². The molecule has 0 spiro atoms. The zero-order chi connectivity index (χ0) is 12.7. The van der Waals surface area contributed by atoms with Crippen LogP contribution in [-0.2, 0) is 0 Å². The molecular formula is C11H16FN3O2. The first-order valence-corrected chi connectivity index (χ1v) is 5.53. The van der Waals surface area contributed by atoms with Gasteiger partial charge in [0.1, 0.15) is 0 Å². The number of hydrogen-bond acceptors (Lipinski definition) is 4. The lowest BCUT2D eigenvalue weighted by Gasteiger charge is -2.07. The van der Waals surface area contributed by atoms with Crippen LogP contribution in [0.2, 0.25) is 0 Å². The summed E-state index contributed by atoms with van der Waals surface area (Å²) in [7, 11) is 0. The second-order valence-corrected chi connectivity index (χ2v) is 3.60. The predicted octanol–water partition coefficient (Wildman–Crippen LogP) is 2.15. The highest BCUT2D eigenvalue weighted by molar-refractivity contribution is 5.50. The fraction of sp³-hybridized carbons (Fsp3) is 0.455.